The molecule has 0 aliphatic heterocycles. The number of amides is 1. The lowest BCUT2D eigenvalue weighted by molar-refractivity contribution is -0.117. The van der Waals surface area contributed by atoms with Crippen molar-refractivity contribution in [1.29, 1.82) is 0 Å². The number of carbonyl (C=O) groups excluding carboxylic acids is 1. The maximum atomic E-state index is 12.6. The number of rotatable bonds is 5. The maximum Gasteiger partial charge on any atom is 0.228 e. The van der Waals surface area contributed by atoms with Gasteiger partial charge >= 0.3 is 0 Å². The summed E-state index contributed by atoms with van der Waals surface area (Å²) in [5.74, 6) is 1.10. The number of carbonyl (C=O) groups is 1. The molecule has 1 amide bonds. The van der Waals surface area contributed by atoms with Crippen LogP contribution in [0.5, 0.6) is 5.75 Å². The molecule has 1 N–H and O–H groups in total. The van der Waals surface area contributed by atoms with E-state index >= 15 is 0 Å². The number of methoxy groups -OCH3 is 1. The van der Waals surface area contributed by atoms with Gasteiger partial charge in [-0.05, 0) is 42.2 Å². The van der Waals surface area contributed by atoms with Crippen LogP contribution in [0.1, 0.15) is 17.9 Å². The van der Waals surface area contributed by atoms with Crippen molar-refractivity contribution in [3.63, 3.8) is 0 Å². The Morgan fingerprint density at radius 3 is 2.71 bits per heavy atom. The summed E-state index contributed by atoms with van der Waals surface area (Å²) in [7, 11) is 5.47. The largest absolute Gasteiger partial charge is 0.497 e. The lowest BCUT2D eigenvalue weighted by Gasteiger charge is -2.19. The van der Waals surface area contributed by atoms with Gasteiger partial charge in [-0.1, -0.05) is 29.8 Å². The predicted octanol–water partition coefficient (Wildman–Crippen LogP) is 4.16. The first-order valence-corrected chi connectivity index (χ1v) is 8.29. The number of nitrogens with zero attached hydrogens (tertiary/aromatic N) is 1. The molecule has 126 valence electrons. The molecular formula is C19H21ClN2O2. The Labute approximate surface area is 147 Å². The first kappa shape index (κ1) is 16.7. The van der Waals surface area contributed by atoms with Crippen LogP contribution in [0.2, 0.25) is 5.02 Å². The molecule has 4 nitrogen and oxygen atoms in total. The summed E-state index contributed by atoms with van der Waals surface area (Å²) in [6, 6.07) is 13.5. The van der Waals surface area contributed by atoms with Gasteiger partial charge in [0.1, 0.15) is 5.75 Å². The number of hydrogen-bond acceptors (Lipinski definition) is 3. The molecule has 0 aromatic heterocycles. The molecule has 1 aliphatic rings. The smallest absolute Gasteiger partial charge is 0.228 e. The zero-order valence-electron chi connectivity index (χ0n) is 14.0. The van der Waals surface area contributed by atoms with Crippen LogP contribution in [0.25, 0.3) is 0 Å². The quantitative estimate of drug-likeness (QED) is 0.885. The average molecular weight is 345 g/mol. The van der Waals surface area contributed by atoms with Crippen molar-refractivity contribution in [3.05, 3.63) is 53.1 Å². The average Bonchev–Trinajstić information content (AvgIpc) is 3.35. The molecule has 2 unspecified atom stereocenters. The fourth-order valence-electron chi connectivity index (χ4n) is 3.02. The van der Waals surface area contributed by atoms with Crippen LogP contribution in [-0.2, 0) is 4.79 Å². The first-order valence-electron chi connectivity index (χ1n) is 7.92. The van der Waals surface area contributed by atoms with Crippen LogP contribution in [0, 0.1) is 5.92 Å². The van der Waals surface area contributed by atoms with E-state index in [4.69, 9.17) is 16.3 Å². The number of anilines is 2. The van der Waals surface area contributed by atoms with Crippen LogP contribution in [0.15, 0.2) is 42.5 Å². The Morgan fingerprint density at radius 2 is 2.00 bits per heavy atom. The standard InChI is InChI=1S/C19H21ClN2O2/c1-22(2)18-16(20)8-5-9-17(18)21-19(23)15-11-14(15)12-6-4-7-13(10-12)24-3/h4-10,14-15H,11H2,1-3H3,(H,21,23). The second kappa shape index (κ2) is 6.73. The van der Waals surface area contributed by atoms with Crippen molar-refractivity contribution < 1.29 is 9.53 Å². The second-order valence-electron chi connectivity index (χ2n) is 6.24. The lowest BCUT2D eigenvalue weighted by atomic mass is 10.1. The fourth-order valence-corrected chi connectivity index (χ4v) is 3.37. The normalized spacial score (nSPS) is 18.8. The first-order chi connectivity index (χ1) is 11.5. The highest BCUT2D eigenvalue weighted by Gasteiger charge is 2.44. The molecule has 0 bridgehead atoms. The molecule has 0 heterocycles. The number of halogens is 1. The van der Waals surface area contributed by atoms with E-state index in [2.05, 4.69) is 5.32 Å². The summed E-state index contributed by atoms with van der Waals surface area (Å²) < 4.78 is 5.26. The molecule has 2 atom stereocenters. The van der Waals surface area contributed by atoms with Gasteiger partial charge in [-0.3, -0.25) is 4.79 Å². The van der Waals surface area contributed by atoms with Crippen molar-refractivity contribution in [2.24, 2.45) is 5.92 Å². The summed E-state index contributed by atoms with van der Waals surface area (Å²) in [6.07, 6.45) is 0.858. The maximum absolute atomic E-state index is 12.6. The van der Waals surface area contributed by atoms with Crippen molar-refractivity contribution in [3.8, 4) is 5.75 Å². The molecule has 3 rings (SSSR count). The third-order valence-electron chi connectivity index (χ3n) is 4.34. The summed E-state index contributed by atoms with van der Waals surface area (Å²) >= 11 is 6.25. The van der Waals surface area contributed by atoms with E-state index in [9.17, 15) is 4.79 Å². The minimum atomic E-state index is -0.00824. The van der Waals surface area contributed by atoms with E-state index in [1.165, 1.54) is 0 Å². The molecule has 5 heteroatoms. The number of nitrogens with one attached hydrogen (secondary N) is 1. The third-order valence-corrected chi connectivity index (χ3v) is 4.65. The molecule has 1 aliphatic carbocycles. The highest BCUT2D eigenvalue weighted by atomic mass is 35.5. The SMILES string of the molecule is COc1cccc(C2CC2C(=O)Nc2cccc(Cl)c2N(C)C)c1. The monoisotopic (exact) mass is 344 g/mol. The van der Waals surface area contributed by atoms with E-state index in [1.807, 2.05) is 61.5 Å². The zero-order chi connectivity index (χ0) is 17.3. The summed E-state index contributed by atoms with van der Waals surface area (Å²) in [6.45, 7) is 0. The molecule has 2 aromatic carbocycles. The molecule has 0 radical (unpaired) electrons. The Kier molecular flexibility index (Phi) is 4.67. The second-order valence-corrected chi connectivity index (χ2v) is 6.65. The highest BCUT2D eigenvalue weighted by Crippen LogP contribution is 2.49. The van der Waals surface area contributed by atoms with Crippen LogP contribution in [0.4, 0.5) is 11.4 Å². The Balaban J connectivity index is 1.72. The Hall–Kier alpha value is -2.20. The minimum absolute atomic E-state index is 0.00824. The summed E-state index contributed by atoms with van der Waals surface area (Å²) in [5.41, 5.74) is 2.72. The Morgan fingerprint density at radius 1 is 1.25 bits per heavy atom. The predicted molar refractivity (Wildman–Crippen MR) is 98.3 cm³/mol. The van der Waals surface area contributed by atoms with Crippen molar-refractivity contribution >= 4 is 28.9 Å². The van der Waals surface area contributed by atoms with Gasteiger partial charge in [0.2, 0.25) is 5.91 Å². The molecule has 0 saturated heterocycles. The van der Waals surface area contributed by atoms with Gasteiger partial charge in [-0.15, -0.1) is 0 Å². The minimum Gasteiger partial charge on any atom is -0.497 e. The van der Waals surface area contributed by atoms with Crippen LogP contribution in [-0.4, -0.2) is 27.1 Å². The molecule has 0 spiro atoms. The third kappa shape index (κ3) is 3.34. The number of benzene rings is 2. The lowest BCUT2D eigenvalue weighted by Crippen LogP contribution is -2.18. The van der Waals surface area contributed by atoms with Gasteiger partial charge in [-0.25, -0.2) is 0 Å². The number of para-hydroxylation sites is 1. The van der Waals surface area contributed by atoms with E-state index in [1.54, 1.807) is 7.11 Å². The zero-order valence-corrected chi connectivity index (χ0v) is 14.8. The van der Waals surface area contributed by atoms with E-state index in [0.717, 1.165) is 29.1 Å². The van der Waals surface area contributed by atoms with Crippen LogP contribution in [0.3, 0.4) is 0 Å². The van der Waals surface area contributed by atoms with E-state index in [-0.39, 0.29) is 17.7 Å². The molecule has 2 aromatic rings. The van der Waals surface area contributed by atoms with Crippen LogP contribution >= 0.6 is 11.6 Å². The van der Waals surface area contributed by atoms with Gasteiger partial charge < -0.3 is 15.0 Å². The molecule has 1 saturated carbocycles. The molecule has 1 fully saturated rings. The van der Waals surface area contributed by atoms with Gasteiger partial charge in [0, 0.05) is 20.0 Å². The summed E-state index contributed by atoms with van der Waals surface area (Å²) in [4.78, 5) is 14.5. The highest BCUT2D eigenvalue weighted by molar-refractivity contribution is 6.34. The summed E-state index contributed by atoms with van der Waals surface area (Å²) in [5, 5.41) is 3.65. The van der Waals surface area contributed by atoms with Gasteiger partial charge in [0.15, 0.2) is 0 Å². The van der Waals surface area contributed by atoms with Crippen LogP contribution < -0.4 is 15.0 Å². The van der Waals surface area contributed by atoms with Gasteiger partial charge in [-0.2, -0.15) is 0 Å². The van der Waals surface area contributed by atoms with Crippen molar-refractivity contribution in [1.82, 2.24) is 0 Å². The van der Waals surface area contributed by atoms with E-state index < -0.39 is 0 Å². The van der Waals surface area contributed by atoms with Gasteiger partial charge in [0.25, 0.3) is 0 Å². The number of ether oxygens (including phenoxy) is 1. The molecular weight excluding hydrogens is 324 g/mol. The fraction of sp³-hybridized carbons (Fsp3) is 0.316. The van der Waals surface area contributed by atoms with Crippen molar-refractivity contribution in [2.45, 2.75) is 12.3 Å². The van der Waals surface area contributed by atoms with Gasteiger partial charge in [0.05, 0.1) is 23.5 Å². The van der Waals surface area contributed by atoms with Crippen molar-refractivity contribution in [2.75, 3.05) is 31.4 Å². The Bertz CT molecular complexity index is 761. The number of hydrogen-bond donors (Lipinski definition) is 1. The molecule has 24 heavy (non-hydrogen) atoms. The topological polar surface area (TPSA) is 41.6 Å². The van der Waals surface area contributed by atoms with E-state index in [0.29, 0.717) is 5.02 Å².